The maximum absolute atomic E-state index is 12.0. The van der Waals surface area contributed by atoms with Gasteiger partial charge in [-0.15, -0.1) is 0 Å². The van der Waals surface area contributed by atoms with Crippen LogP contribution in [0.1, 0.15) is 52.9 Å². The topological polar surface area (TPSA) is 49.4 Å². The van der Waals surface area contributed by atoms with E-state index < -0.39 is 0 Å². The van der Waals surface area contributed by atoms with Crippen molar-refractivity contribution in [3.8, 4) is 0 Å². The minimum Gasteiger partial charge on any atom is -0.353 e. The molecule has 0 aromatic carbocycles. The second kappa shape index (κ2) is 7.39. The molecule has 0 spiro atoms. The fraction of sp³-hybridized carbons (Fsp3) is 0.857. The number of unbranched alkanes of at least 4 members (excludes halogenated alkanes) is 1. The van der Waals surface area contributed by atoms with Crippen molar-refractivity contribution < 1.29 is 9.59 Å². The smallest absolute Gasteiger partial charge is 0.225 e. The van der Waals surface area contributed by atoms with E-state index in [1.165, 1.54) is 0 Å². The maximum atomic E-state index is 12.0. The Morgan fingerprint density at radius 3 is 2.61 bits per heavy atom. The summed E-state index contributed by atoms with van der Waals surface area (Å²) in [7, 11) is 0. The highest BCUT2D eigenvalue weighted by molar-refractivity contribution is 5.89. The zero-order valence-corrected chi connectivity index (χ0v) is 11.9. The molecule has 4 nitrogen and oxygen atoms in total. The predicted octanol–water partition coefficient (Wildman–Crippen LogP) is 1.94. The lowest BCUT2D eigenvalue weighted by Gasteiger charge is -2.18. The summed E-state index contributed by atoms with van der Waals surface area (Å²) < 4.78 is 0. The minimum absolute atomic E-state index is 0.0519. The first-order valence-electron chi connectivity index (χ1n) is 7.20. The molecule has 0 saturated carbocycles. The van der Waals surface area contributed by atoms with Gasteiger partial charge in [-0.25, -0.2) is 0 Å². The van der Waals surface area contributed by atoms with Gasteiger partial charge in [0.05, 0.1) is 5.92 Å². The van der Waals surface area contributed by atoms with Crippen molar-refractivity contribution in [2.24, 2.45) is 5.92 Å². The predicted molar refractivity (Wildman–Crippen MR) is 72.1 cm³/mol. The van der Waals surface area contributed by atoms with Crippen LogP contribution in [-0.4, -0.2) is 35.8 Å². The fourth-order valence-electron chi connectivity index (χ4n) is 2.32. The largest absolute Gasteiger partial charge is 0.353 e. The SMILES string of the molecule is CCCCN1CC(C(=O)NC(CC)CC)CC1=O. The van der Waals surface area contributed by atoms with Crippen molar-refractivity contribution in [1.29, 1.82) is 0 Å². The molecule has 104 valence electrons. The van der Waals surface area contributed by atoms with Crippen LogP contribution in [0.2, 0.25) is 0 Å². The summed E-state index contributed by atoms with van der Waals surface area (Å²) in [6.07, 6.45) is 4.38. The third kappa shape index (κ3) is 4.00. The molecule has 0 radical (unpaired) electrons. The van der Waals surface area contributed by atoms with Gasteiger partial charge >= 0.3 is 0 Å². The molecule has 1 aliphatic rings. The molecule has 1 aliphatic heterocycles. The molecule has 0 aromatic heterocycles. The highest BCUT2D eigenvalue weighted by Gasteiger charge is 2.34. The molecule has 1 heterocycles. The molecule has 0 aromatic rings. The van der Waals surface area contributed by atoms with Crippen LogP contribution in [0.4, 0.5) is 0 Å². The Morgan fingerprint density at radius 1 is 1.39 bits per heavy atom. The first-order valence-corrected chi connectivity index (χ1v) is 7.20. The molecule has 2 amide bonds. The number of carbonyl (C=O) groups excluding carboxylic acids is 2. The van der Waals surface area contributed by atoms with E-state index in [4.69, 9.17) is 0 Å². The summed E-state index contributed by atoms with van der Waals surface area (Å²) in [5.74, 6) is 0.0409. The number of hydrogen-bond donors (Lipinski definition) is 1. The van der Waals surface area contributed by atoms with Gasteiger partial charge in [0.2, 0.25) is 11.8 Å². The first kappa shape index (κ1) is 15.0. The second-order valence-electron chi connectivity index (χ2n) is 5.12. The summed E-state index contributed by atoms with van der Waals surface area (Å²) in [6.45, 7) is 7.65. The Balaban J connectivity index is 2.44. The zero-order valence-electron chi connectivity index (χ0n) is 11.9. The quantitative estimate of drug-likeness (QED) is 0.755. The molecular formula is C14H26N2O2. The Bertz CT molecular complexity index is 288. The van der Waals surface area contributed by atoms with E-state index in [-0.39, 0.29) is 23.8 Å². The van der Waals surface area contributed by atoms with Gasteiger partial charge in [0.1, 0.15) is 0 Å². The van der Waals surface area contributed by atoms with Crippen molar-refractivity contribution >= 4 is 11.8 Å². The van der Waals surface area contributed by atoms with Gasteiger partial charge in [-0.05, 0) is 19.3 Å². The zero-order chi connectivity index (χ0) is 13.5. The normalized spacial score (nSPS) is 19.7. The summed E-state index contributed by atoms with van der Waals surface area (Å²) in [5, 5.41) is 3.04. The number of nitrogens with zero attached hydrogens (tertiary/aromatic N) is 1. The average molecular weight is 254 g/mol. The lowest BCUT2D eigenvalue weighted by atomic mass is 10.1. The van der Waals surface area contributed by atoms with E-state index in [9.17, 15) is 9.59 Å². The highest BCUT2D eigenvalue weighted by Crippen LogP contribution is 2.19. The van der Waals surface area contributed by atoms with E-state index in [2.05, 4.69) is 26.1 Å². The molecule has 1 N–H and O–H groups in total. The first-order chi connectivity index (χ1) is 8.62. The molecule has 0 bridgehead atoms. The Morgan fingerprint density at radius 2 is 2.06 bits per heavy atom. The molecule has 18 heavy (non-hydrogen) atoms. The van der Waals surface area contributed by atoms with E-state index in [1.807, 2.05) is 4.90 Å². The minimum atomic E-state index is -0.144. The van der Waals surface area contributed by atoms with Crippen LogP contribution in [0, 0.1) is 5.92 Å². The number of carbonyl (C=O) groups is 2. The Labute approximate surface area is 110 Å². The third-order valence-corrected chi connectivity index (χ3v) is 3.70. The van der Waals surface area contributed by atoms with Crippen LogP contribution < -0.4 is 5.32 Å². The molecular weight excluding hydrogens is 228 g/mol. The van der Waals surface area contributed by atoms with Crippen molar-refractivity contribution in [2.75, 3.05) is 13.1 Å². The van der Waals surface area contributed by atoms with Gasteiger partial charge in [-0.1, -0.05) is 27.2 Å². The van der Waals surface area contributed by atoms with Gasteiger partial charge < -0.3 is 10.2 Å². The van der Waals surface area contributed by atoms with Gasteiger partial charge in [-0.3, -0.25) is 9.59 Å². The van der Waals surface area contributed by atoms with Crippen LogP contribution in [-0.2, 0) is 9.59 Å². The van der Waals surface area contributed by atoms with Crippen molar-refractivity contribution in [3.05, 3.63) is 0 Å². The molecule has 4 heteroatoms. The fourth-order valence-corrected chi connectivity index (χ4v) is 2.32. The van der Waals surface area contributed by atoms with Crippen molar-refractivity contribution in [1.82, 2.24) is 10.2 Å². The lowest BCUT2D eigenvalue weighted by molar-refractivity contribution is -0.129. The van der Waals surface area contributed by atoms with Crippen LogP contribution in [0.3, 0.4) is 0 Å². The summed E-state index contributed by atoms with van der Waals surface area (Å²) >= 11 is 0. The van der Waals surface area contributed by atoms with Gasteiger partial charge in [0.15, 0.2) is 0 Å². The molecule has 0 aliphatic carbocycles. The maximum Gasteiger partial charge on any atom is 0.225 e. The van der Waals surface area contributed by atoms with Gasteiger partial charge in [-0.2, -0.15) is 0 Å². The second-order valence-corrected chi connectivity index (χ2v) is 5.12. The van der Waals surface area contributed by atoms with Crippen LogP contribution >= 0.6 is 0 Å². The van der Waals surface area contributed by atoms with Crippen LogP contribution in [0.25, 0.3) is 0 Å². The molecule has 1 saturated heterocycles. The molecule has 1 unspecified atom stereocenters. The van der Waals surface area contributed by atoms with E-state index in [0.717, 1.165) is 32.2 Å². The molecule has 1 fully saturated rings. The number of rotatable bonds is 7. The average Bonchev–Trinajstić information content (AvgIpc) is 2.74. The summed E-state index contributed by atoms with van der Waals surface area (Å²) in [4.78, 5) is 25.6. The molecule has 1 atom stereocenters. The summed E-state index contributed by atoms with van der Waals surface area (Å²) in [6, 6.07) is 0.247. The van der Waals surface area contributed by atoms with E-state index >= 15 is 0 Å². The van der Waals surface area contributed by atoms with Gasteiger partial charge in [0, 0.05) is 25.6 Å². The van der Waals surface area contributed by atoms with E-state index in [1.54, 1.807) is 0 Å². The van der Waals surface area contributed by atoms with Gasteiger partial charge in [0.25, 0.3) is 0 Å². The Kier molecular flexibility index (Phi) is 6.16. The highest BCUT2D eigenvalue weighted by atomic mass is 16.2. The number of nitrogens with one attached hydrogen (secondary N) is 1. The number of likely N-dealkylation sites (tertiary alicyclic amines) is 1. The number of amides is 2. The van der Waals surface area contributed by atoms with E-state index in [0.29, 0.717) is 13.0 Å². The third-order valence-electron chi connectivity index (χ3n) is 3.70. The lowest BCUT2D eigenvalue weighted by Crippen LogP contribution is -2.39. The standard InChI is InChI=1S/C14H26N2O2/c1-4-7-8-16-10-11(9-13(16)17)14(18)15-12(5-2)6-3/h11-12H,4-10H2,1-3H3,(H,15,18). The monoisotopic (exact) mass is 254 g/mol. The number of hydrogen-bond acceptors (Lipinski definition) is 2. The van der Waals surface area contributed by atoms with Crippen LogP contribution in [0.15, 0.2) is 0 Å². The van der Waals surface area contributed by atoms with Crippen molar-refractivity contribution in [2.45, 2.75) is 58.9 Å². The van der Waals surface area contributed by atoms with Crippen molar-refractivity contribution in [3.63, 3.8) is 0 Å². The van der Waals surface area contributed by atoms with Crippen LogP contribution in [0.5, 0.6) is 0 Å². The molecule has 1 rings (SSSR count). The Hall–Kier alpha value is -1.06. The summed E-state index contributed by atoms with van der Waals surface area (Å²) in [5.41, 5.74) is 0.